The van der Waals surface area contributed by atoms with Crippen molar-refractivity contribution < 1.29 is 30.3 Å². The summed E-state index contributed by atoms with van der Waals surface area (Å²) in [5, 5.41) is 46.3. The number of hydrogen-bond acceptors (Lipinski definition) is 6. The summed E-state index contributed by atoms with van der Waals surface area (Å²) in [5.41, 5.74) is 0.413. The summed E-state index contributed by atoms with van der Waals surface area (Å²) in [7, 11) is 0. The molecule has 2 aromatic carbocycles. The minimum atomic E-state index is -0.598. The van der Waals surface area contributed by atoms with Crippen molar-refractivity contribution in [2.24, 2.45) is 0 Å². The summed E-state index contributed by atoms with van der Waals surface area (Å²) in [6.07, 6.45) is 0. The predicted molar refractivity (Wildman–Crippen MR) is 65.5 cm³/mol. The van der Waals surface area contributed by atoms with Gasteiger partial charge in [-0.1, -0.05) is 0 Å². The van der Waals surface area contributed by atoms with Crippen LogP contribution in [0.2, 0.25) is 0 Å². The van der Waals surface area contributed by atoms with E-state index in [4.69, 9.17) is 4.74 Å². The SMILES string of the molecule is Oc1cc(O)cc(OCc2cc(O)c(O)c(O)c2)c1. The van der Waals surface area contributed by atoms with E-state index in [0.29, 0.717) is 5.56 Å². The highest BCUT2D eigenvalue weighted by Crippen LogP contribution is 2.35. The number of hydrogen-bond donors (Lipinski definition) is 5. The lowest BCUT2D eigenvalue weighted by atomic mass is 10.2. The van der Waals surface area contributed by atoms with Crippen LogP contribution < -0.4 is 4.74 Å². The van der Waals surface area contributed by atoms with Gasteiger partial charge < -0.3 is 30.3 Å². The van der Waals surface area contributed by atoms with Crippen LogP contribution >= 0.6 is 0 Å². The molecule has 0 atom stereocenters. The van der Waals surface area contributed by atoms with Crippen molar-refractivity contribution in [2.75, 3.05) is 0 Å². The van der Waals surface area contributed by atoms with Gasteiger partial charge in [-0.15, -0.1) is 0 Å². The fourth-order valence-electron chi connectivity index (χ4n) is 1.56. The first kappa shape index (κ1) is 12.7. The van der Waals surface area contributed by atoms with Crippen molar-refractivity contribution in [1.29, 1.82) is 0 Å². The van der Waals surface area contributed by atoms with Gasteiger partial charge in [0.25, 0.3) is 0 Å². The van der Waals surface area contributed by atoms with Crippen LogP contribution in [-0.4, -0.2) is 25.5 Å². The second-order valence-electron chi connectivity index (χ2n) is 3.96. The zero-order chi connectivity index (χ0) is 14.0. The van der Waals surface area contributed by atoms with Crippen LogP contribution in [0.15, 0.2) is 30.3 Å². The molecule has 19 heavy (non-hydrogen) atoms. The average molecular weight is 264 g/mol. The highest BCUT2D eigenvalue weighted by Gasteiger charge is 2.09. The second-order valence-corrected chi connectivity index (χ2v) is 3.96. The maximum absolute atomic E-state index is 9.32. The monoisotopic (exact) mass is 264 g/mol. The Morgan fingerprint density at radius 2 is 1.26 bits per heavy atom. The molecule has 2 aromatic rings. The fraction of sp³-hybridized carbons (Fsp3) is 0.0769. The molecule has 0 amide bonds. The summed E-state index contributed by atoms with van der Waals surface area (Å²) in [4.78, 5) is 0. The Kier molecular flexibility index (Phi) is 3.24. The molecular weight excluding hydrogens is 252 g/mol. The minimum absolute atomic E-state index is 0.0235. The van der Waals surface area contributed by atoms with Gasteiger partial charge in [0.1, 0.15) is 23.9 Å². The third kappa shape index (κ3) is 2.92. The summed E-state index contributed by atoms with van der Waals surface area (Å²) < 4.78 is 5.28. The topological polar surface area (TPSA) is 110 Å². The van der Waals surface area contributed by atoms with Gasteiger partial charge in [-0.2, -0.15) is 0 Å². The molecule has 0 radical (unpaired) electrons. The molecule has 0 fully saturated rings. The van der Waals surface area contributed by atoms with Gasteiger partial charge in [0, 0.05) is 18.2 Å². The second kappa shape index (κ2) is 4.85. The van der Waals surface area contributed by atoms with E-state index in [0.717, 1.165) is 6.07 Å². The Labute approximate surface area is 108 Å². The number of benzene rings is 2. The summed E-state index contributed by atoms with van der Waals surface area (Å²) in [6.45, 7) is -0.0235. The molecule has 6 heteroatoms. The largest absolute Gasteiger partial charge is 0.508 e. The van der Waals surface area contributed by atoms with E-state index in [1.54, 1.807) is 0 Å². The van der Waals surface area contributed by atoms with Gasteiger partial charge in [0.2, 0.25) is 0 Å². The van der Waals surface area contributed by atoms with E-state index in [1.165, 1.54) is 24.3 Å². The van der Waals surface area contributed by atoms with Gasteiger partial charge in [0.05, 0.1) is 0 Å². The first-order chi connectivity index (χ1) is 8.95. The van der Waals surface area contributed by atoms with Gasteiger partial charge in [-0.3, -0.25) is 0 Å². The maximum Gasteiger partial charge on any atom is 0.200 e. The highest BCUT2D eigenvalue weighted by molar-refractivity contribution is 5.51. The molecule has 0 saturated heterocycles. The third-order valence-electron chi connectivity index (χ3n) is 2.41. The summed E-state index contributed by atoms with van der Waals surface area (Å²) in [6, 6.07) is 6.24. The summed E-state index contributed by atoms with van der Waals surface area (Å²) in [5.74, 6) is -1.59. The van der Waals surface area contributed by atoms with E-state index < -0.39 is 17.2 Å². The lowest BCUT2D eigenvalue weighted by Gasteiger charge is -2.09. The molecule has 0 saturated carbocycles. The quantitative estimate of drug-likeness (QED) is 0.540. The van der Waals surface area contributed by atoms with E-state index in [2.05, 4.69) is 0 Å². The van der Waals surface area contributed by atoms with Crippen LogP contribution in [0.25, 0.3) is 0 Å². The van der Waals surface area contributed by atoms with Gasteiger partial charge in [0.15, 0.2) is 17.2 Å². The zero-order valence-electron chi connectivity index (χ0n) is 9.74. The lowest BCUT2D eigenvalue weighted by Crippen LogP contribution is -1.95. The van der Waals surface area contributed by atoms with Crippen LogP contribution in [0.4, 0.5) is 0 Å². The maximum atomic E-state index is 9.32. The molecule has 0 aliphatic rings. The number of phenolic OH excluding ortho intramolecular Hbond substituents is 5. The molecule has 0 heterocycles. The molecule has 0 aromatic heterocycles. The van der Waals surface area contributed by atoms with Crippen LogP contribution in [0, 0.1) is 0 Å². The van der Waals surface area contributed by atoms with Gasteiger partial charge in [-0.25, -0.2) is 0 Å². The van der Waals surface area contributed by atoms with E-state index in [9.17, 15) is 25.5 Å². The van der Waals surface area contributed by atoms with Crippen LogP contribution in [0.1, 0.15) is 5.56 Å². The van der Waals surface area contributed by atoms with Crippen molar-refractivity contribution in [3.8, 4) is 34.5 Å². The molecule has 0 unspecified atom stereocenters. The van der Waals surface area contributed by atoms with Crippen LogP contribution in [0.5, 0.6) is 34.5 Å². The molecule has 0 spiro atoms. The van der Waals surface area contributed by atoms with E-state index >= 15 is 0 Å². The molecule has 6 nitrogen and oxygen atoms in total. The van der Waals surface area contributed by atoms with Crippen LogP contribution in [-0.2, 0) is 6.61 Å². The Morgan fingerprint density at radius 1 is 0.737 bits per heavy atom. The number of phenols is 5. The predicted octanol–water partition coefficient (Wildman–Crippen LogP) is 1.79. The Morgan fingerprint density at radius 3 is 1.79 bits per heavy atom. The Bertz CT molecular complexity index is 565. The molecule has 2 rings (SSSR count). The van der Waals surface area contributed by atoms with Gasteiger partial charge in [-0.05, 0) is 17.7 Å². The van der Waals surface area contributed by atoms with Crippen molar-refractivity contribution >= 4 is 0 Å². The normalized spacial score (nSPS) is 10.3. The standard InChI is InChI=1S/C13H12O6/c14-8-3-9(15)5-10(4-8)19-6-7-1-11(16)13(18)12(17)2-7/h1-5,14-18H,6H2. The molecule has 0 aliphatic heterocycles. The van der Waals surface area contributed by atoms with E-state index in [-0.39, 0.29) is 23.9 Å². The van der Waals surface area contributed by atoms with Crippen molar-refractivity contribution in [3.63, 3.8) is 0 Å². The van der Waals surface area contributed by atoms with Crippen LogP contribution in [0.3, 0.4) is 0 Å². The van der Waals surface area contributed by atoms with Crippen molar-refractivity contribution in [1.82, 2.24) is 0 Å². The van der Waals surface area contributed by atoms with Gasteiger partial charge >= 0.3 is 0 Å². The molecule has 5 N–H and O–H groups in total. The average Bonchev–Trinajstić information content (AvgIpc) is 2.32. The Balaban J connectivity index is 2.14. The van der Waals surface area contributed by atoms with E-state index in [1.807, 2.05) is 0 Å². The molecular formula is C13H12O6. The summed E-state index contributed by atoms with van der Waals surface area (Å²) >= 11 is 0. The molecule has 0 aliphatic carbocycles. The van der Waals surface area contributed by atoms with Crippen molar-refractivity contribution in [2.45, 2.75) is 6.61 Å². The minimum Gasteiger partial charge on any atom is -0.508 e. The Hall–Kier alpha value is -2.76. The third-order valence-corrected chi connectivity index (χ3v) is 2.41. The number of aromatic hydroxyl groups is 5. The molecule has 100 valence electrons. The highest BCUT2D eigenvalue weighted by atomic mass is 16.5. The number of ether oxygens (including phenoxy) is 1. The zero-order valence-corrected chi connectivity index (χ0v) is 9.74. The first-order valence-electron chi connectivity index (χ1n) is 5.35. The first-order valence-corrected chi connectivity index (χ1v) is 5.35. The molecule has 0 bridgehead atoms. The smallest absolute Gasteiger partial charge is 0.200 e. The fourth-order valence-corrected chi connectivity index (χ4v) is 1.56. The van der Waals surface area contributed by atoms with Crippen molar-refractivity contribution in [3.05, 3.63) is 35.9 Å². The lowest BCUT2D eigenvalue weighted by molar-refractivity contribution is 0.299. The number of rotatable bonds is 3.